The fourth-order valence-corrected chi connectivity index (χ4v) is 4.28. The predicted molar refractivity (Wildman–Crippen MR) is 122 cm³/mol. The van der Waals surface area contributed by atoms with Crippen molar-refractivity contribution in [3.05, 3.63) is 75.2 Å². The van der Waals surface area contributed by atoms with E-state index in [2.05, 4.69) is 10.3 Å². The SMILES string of the molecule is Cc1nc(COc2cccc(C(=O)Nc3cccc(C)c3C(=O)N3CCCC3)c2)cs1. The second-order valence-corrected chi connectivity index (χ2v) is 8.69. The zero-order valence-electron chi connectivity index (χ0n) is 17.7. The van der Waals surface area contributed by atoms with E-state index in [9.17, 15) is 9.59 Å². The predicted octanol–water partition coefficient (Wildman–Crippen LogP) is 4.83. The van der Waals surface area contributed by atoms with Gasteiger partial charge in [-0.15, -0.1) is 11.3 Å². The maximum Gasteiger partial charge on any atom is 0.256 e. The molecule has 7 heteroatoms. The molecule has 4 rings (SSSR count). The van der Waals surface area contributed by atoms with Crippen molar-refractivity contribution in [2.75, 3.05) is 18.4 Å². The van der Waals surface area contributed by atoms with Gasteiger partial charge in [0.1, 0.15) is 12.4 Å². The van der Waals surface area contributed by atoms with Crippen LogP contribution in [0.3, 0.4) is 0 Å². The quantitative estimate of drug-likeness (QED) is 0.602. The molecule has 1 saturated heterocycles. The van der Waals surface area contributed by atoms with Crippen molar-refractivity contribution in [2.24, 2.45) is 0 Å². The summed E-state index contributed by atoms with van der Waals surface area (Å²) in [7, 11) is 0. The maximum absolute atomic E-state index is 13.0. The number of hydrogen-bond donors (Lipinski definition) is 1. The van der Waals surface area contributed by atoms with Gasteiger partial charge in [0.05, 0.1) is 22.0 Å². The van der Waals surface area contributed by atoms with Crippen LogP contribution in [-0.2, 0) is 6.61 Å². The number of carbonyl (C=O) groups is 2. The number of hydrogen-bond acceptors (Lipinski definition) is 5. The smallest absolute Gasteiger partial charge is 0.256 e. The molecule has 0 atom stereocenters. The molecule has 6 nitrogen and oxygen atoms in total. The van der Waals surface area contributed by atoms with Gasteiger partial charge in [0.2, 0.25) is 0 Å². The molecule has 0 unspecified atom stereocenters. The van der Waals surface area contributed by atoms with Crippen LogP contribution in [0.25, 0.3) is 0 Å². The Balaban J connectivity index is 1.49. The first-order valence-corrected chi connectivity index (χ1v) is 11.2. The Bertz CT molecular complexity index is 1100. The number of thiazole rings is 1. The van der Waals surface area contributed by atoms with E-state index in [1.54, 1.807) is 35.6 Å². The van der Waals surface area contributed by atoms with Crippen LogP contribution in [0.1, 0.15) is 49.8 Å². The minimum atomic E-state index is -0.281. The van der Waals surface area contributed by atoms with Crippen LogP contribution >= 0.6 is 11.3 Å². The minimum absolute atomic E-state index is 0.0264. The lowest BCUT2D eigenvalue weighted by molar-refractivity contribution is 0.0793. The van der Waals surface area contributed by atoms with E-state index < -0.39 is 0 Å². The Morgan fingerprint density at radius 1 is 1.13 bits per heavy atom. The molecule has 2 amide bonds. The molecule has 2 aromatic carbocycles. The highest BCUT2D eigenvalue weighted by Crippen LogP contribution is 2.25. The summed E-state index contributed by atoms with van der Waals surface area (Å²) in [5.74, 6) is 0.286. The van der Waals surface area contributed by atoms with E-state index in [1.807, 2.05) is 42.3 Å². The van der Waals surface area contributed by atoms with Crippen LogP contribution in [0.15, 0.2) is 47.8 Å². The molecule has 1 fully saturated rings. The summed E-state index contributed by atoms with van der Waals surface area (Å²) in [6.07, 6.45) is 2.04. The Labute approximate surface area is 185 Å². The van der Waals surface area contributed by atoms with E-state index in [1.165, 1.54) is 0 Å². The molecule has 0 spiro atoms. The standard InChI is InChI=1S/C24H25N3O3S/c1-16-7-5-10-21(22(16)24(29)27-11-3-4-12-27)26-23(28)18-8-6-9-20(13-18)30-14-19-15-31-17(2)25-19/h5-10,13,15H,3-4,11-12,14H2,1-2H3,(H,26,28). The van der Waals surface area contributed by atoms with Crippen molar-refractivity contribution in [1.29, 1.82) is 0 Å². The molecule has 0 aliphatic carbocycles. The molecule has 2 heterocycles. The first-order valence-electron chi connectivity index (χ1n) is 10.4. The minimum Gasteiger partial charge on any atom is -0.487 e. The lowest BCUT2D eigenvalue weighted by Crippen LogP contribution is -2.29. The number of benzene rings is 2. The number of nitrogens with one attached hydrogen (secondary N) is 1. The molecule has 31 heavy (non-hydrogen) atoms. The van der Waals surface area contributed by atoms with Crippen molar-refractivity contribution in [2.45, 2.75) is 33.3 Å². The van der Waals surface area contributed by atoms with Crippen molar-refractivity contribution < 1.29 is 14.3 Å². The summed E-state index contributed by atoms with van der Waals surface area (Å²) in [6, 6.07) is 12.5. The Hall–Kier alpha value is -3.19. The van der Waals surface area contributed by atoms with Crippen LogP contribution in [0.5, 0.6) is 5.75 Å². The van der Waals surface area contributed by atoms with Crippen molar-refractivity contribution in [3.8, 4) is 5.75 Å². The zero-order valence-corrected chi connectivity index (χ0v) is 18.5. The molecule has 0 bridgehead atoms. The van der Waals surface area contributed by atoms with E-state index >= 15 is 0 Å². The highest BCUT2D eigenvalue weighted by molar-refractivity contribution is 7.09. The summed E-state index contributed by atoms with van der Waals surface area (Å²) in [5, 5.41) is 5.87. The van der Waals surface area contributed by atoms with Gasteiger partial charge < -0.3 is 15.0 Å². The van der Waals surface area contributed by atoms with E-state index in [-0.39, 0.29) is 11.8 Å². The summed E-state index contributed by atoms with van der Waals surface area (Å²) < 4.78 is 5.80. The van der Waals surface area contributed by atoms with Gasteiger partial charge in [0, 0.05) is 24.0 Å². The molecule has 0 radical (unpaired) electrons. The number of likely N-dealkylation sites (tertiary alicyclic amines) is 1. The second kappa shape index (κ2) is 9.31. The lowest BCUT2D eigenvalue weighted by atomic mass is 10.0. The first-order chi connectivity index (χ1) is 15.0. The summed E-state index contributed by atoms with van der Waals surface area (Å²) in [5.41, 5.74) is 3.27. The monoisotopic (exact) mass is 435 g/mol. The number of aryl methyl sites for hydroxylation is 2. The molecular formula is C24H25N3O3S. The van der Waals surface area contributed by atoms with Gasteiger partial charge in [-0.2, -0.15) is 0 Å². The van der Waals surface area contributed by atoms with Gasteiger partial charge >= 0.3 is 0 Å². The van der Waals surface area contributed by atoms with Crippen molar-refractivity contribution in [3.63, 3.8) is 0 Å². The van der Waals surface area contributed by atoms with Gasteiger partial charge in [-0.05, 0) is 56.5 Å². The van der Waals surface area contributed by atoms with Crippen LogP contribution < -0.4 is 10.1 Å². The average Bonchev–Trinajstić information content (AvgIpc) is 3.44. The Kier molecular flexibility index (Phi) is 6.32. The molecule has 0 saturated carbocycles. The van der Waals surface area contributed by atoms with Gasteiger partial charge in [-0.25, -0.2) is 4.98 Å². The summed E-state index contributed by atoms with van der Waals surface area (Å²) in [6.45, 7) is 5.72. The molecule has 3 aromatic rings. The molecule has 1 aromatic heterocycles. The van der Waals surface area contributed by atoms with Crippen LogP contribution in [-0.4, -0.2) is 34.8 Å². The number of aromatic nitrogens is 1. The van der Waals surface area contributed by atoms with Crippen LogP contribution in [0, 0.1) is 13.8 Å². The molecule has 1 aliphatic heterocycles. The van der Waals surface area contributed by atoms with Crippen LogP contribution in [0.4, 0.5) is 5.69 Å². The van der Waals surface area contributed by atoms with Gasteiger partial charge in [-0.3, -0.25) is 9.59 Å². The molecular weight excluding hydrogens is 410 g/mol. The van der Waals surface area contributed by atoms with E-state index in [0.29, 0.717) is 29.2 Å². The summed E-state index contributed by atoms with van der Waals surface area (Å²) in [4.78, 5) is 32.2. The van der Waals surface area contributed by atoms with Gasteiger partial charge in [0.25, 0.3) is 11.8 Å². The van der Waals surface area contributed by atoms with Gasteiger partial charge in [-0.1, -0.05) is 18.2 Å². The normalized spacial score (nSPS) is 13.3. The number of anilines is 1. The van der Waals surface area contributed by atoms with Gasteiger partial charge in [0.15, 0.2) is 0 Å². The maximum atomic E-state index is 13.0. The topological polar surface area (TPSA) is 71.5 Å². The number of ether oxygens (including phenoxy) is 1. The zero-order chi connectivity index (χ0) is 21.8. The van der Waals surface area contributed by atoms with Crippen molar-refractivity contribution in [1.82, 2.24) is 9.88 Å². The molecule has 1 aliphatic rings. The second-order valence-electron chi connectivity index (χ2n) is 7.63. The largest absolute Gasteiger partial charge is 0.487 e. The third-order valence-electron chi connectivity index (χ3n) is 5.28. The molecule has 160 valence electrons. The number of amides is 2. The highest BCUT2D eigenvalue weighted by Gasteiger charge is 2.24. The first kappa shape index (κ1) is 21.1. The third kappa shape index (κ3) is 4.94. The molecule has 1 N–H and O–H groups in total. The van der Waals surface area contributed by atoms with E-state index in [4.69, 9.17) is 4.74 Å². The number of carbonyl (C=O) groups excluding carboxylic acids is 2. The number of nitrogens with zero attached hydrogens (tertiary/aromatic N) is 2. The number of rotatable bonds is 6. The highest BCUT2D eigenvalue weighted by atomic mass is 32.1. The van der Waals surface area contributed by atoms with E-state index in [0.717, 1.165) is 42.2 Å². The van der Waals surface area contributed by atoms with Crippen LogP contribution in [0.2, 0.25) is 0 Å². The summed E-state index contributed by atoms with van der Waals surface area (Å²) >= 11 is 1.58. The fraction of sp³-hybridized carbons (Fsp3) is 0.292. The Morgan fingerprint density at radius 3 is 2.65 bits per heavy atom. The third-order valence-corrected chi connectivity index (χ3v) is 6.10. The Morgan fingerprint density at radius 2 is 1.90 bits per heavy atom. The lowest BCUT2D eigenvalue weighted by Gasteiger charge is -2.19. The fourth-order valence-electron chi connectivity index (χ4n) is 3.69. The van der Waals surface area contributed by atoms with Crippen molar-refractivity contribution >= 4 is 28.8 Å². The average molecular weight is 436 g/mol.